The number of amides is 1. The number of methoxy groups -OCH3 is 1. The molecule has 1 fully saturated rings. The van der Waals surface area contributed by atoms with Crippen LogP contribution in [-0.2, 0) is 14.3 Å². The van der Waals surface area contributed by atoms with Crippen LogP contribution in [0.25, 0.3) is 0 Å². The molecule has 0 saturated carbocycles. The molecule has 1 saturated heterocycles. The Labute approximate surface area is 175 Å². The molecule has 0 spiro atoms. The van der Waals surface area contributed by atoms with Gasteiger partial charge in [0.1, 0.15) is 0 Å². The normalized spacial score (nSPS) is 18.9. The van der Waals surface area contributed by atoms with Crippen LogP contribution in [0.4, 0.5) is 0 Å². The fourth-order valence-electron chi connectivity index (χ4n) is 3.38. The largest absolute Gasteiger partial charge is 0.490 e. The summed E-state index contributed by atoms with van der Waals surface area (Å²) in [5.41, 5.74) is 1.66. The molecule has 0 bridgehead atoms. The van der Waals surface area contributed by atoms with Crippen LogP contribution in [0.1, 0.15) is 45.2 Å². The lowest BCUT2D eigenvalue weighted by Gasteiger charge is -2.38. The highest BCUT2D eigenvalue weighted by Gasteiger charge is 2.41. The zero-order valence-electron chi connectivity index (χ0n) is 17.2. The standard InChI is InChI=1S/C21H26N2O5S/c1-5-10-28-15-8-7-14(12-16(15)27-6-2)19-18(20(25)26-4)13(3)22-21-23(19)17(24)9-11-29-21/h7-8,12,19H,5-6,9-11H2,1-4H3/t19-/m0/s1. The van der Waals surface area contributed by atoms with Crippen molar-refractivity contribution in [3.63, 3.8) is 0 Å². The van der Waals surface area contributed by atoms with E-state index in [1.807, 2.05) is 32.0 Å². The van der Waals surface area contributed by atoms with Gasteiger partial charge in [-0.1, -0.05) is 24.8 Å². The fourth-order valence-corrected chi connectivity index (χ4v) is 4.38. The van der Waals surface area contributed by atoms with E-state index in [1.54, 1.807) is 11.8 Å². The Morgan fingerprint density at radius 3 is 2.76 bits per heavy atom. The lowest BCUT2D eigenvalue weighted by molar-refractivity contribution is -0.137. The number of thioether (sulfide) groups is 1. The Morgan fingerprint density at radius 2 is 2.07 bits per heavy atom. The predicted octanol–water partition coefficient (Wildman–Crippen LogP) is 3.70. The molecule has 1 atom stereocenters. The van der Waals surface area contributed by atoms with E-state index in [2.05, 4.69) is 4.99 Å². The van der Waals surface area contributed by atoms with Crippen LogP contribution in [0.3, 0.4) is 0 Å². The molecule has 1 amide bonds. The molecule has 0 N–H and O–H groups in total. The minimum atomic E-state index is -0.616. The molecule has 8 heteroatoms. The third-order valence-electron chi connectivity index (χ3n) is 4.66. The van der Waals surface area contributed by atoms with Crippen molar-refractivity contribution in [1.29, 1.82) is 0 Å². The number of nitrogens with zero attached hydrogens (tertiary/aromatic N) is 2. The topological polar surface area (TPSA) is 77.4 Å². The van der Waals surface area contributed by atoms with Crippen LogP contribution in [0.2, 0.25) is 0 Å². The van der Waals surface area contributed by atoms with Crippen molar-refractivity contribution in [2.24, 2.45) is 4.99 Å². The number of allylic oxidation sites excluding steroid dienone is 1. The summed E-state index contributed by atoms with van der Waals surface area (Å²) in [5, 5.41) is 0.612. The lowest BCUT2D eigenvalue weighted by atomic mass is 9.94. The van der Waals surface area contributed by atoms with Crippen molar-refractivity contribution < 1.29 is 23.8 Å². The molecule has 2 heterocycles. The van der Waals surface area contributed by atoms with E-state index >= 15 is 0 Å². The second-order valence-corrected chi connectivity index (χ2v) is 7.70. The van der Waals surface area contributed by atoms with Crippen LogP contribution in [-0.4, -0.2) is 48.0 Å². The molecular formula is C21H26N2O5S. The number of aliphatic imine (C=N–C) groups is 1. The van der Waals surface area contributed by atoms with Gasteiger partial charge in [-0.15, -0.1) is 0 Å². The minimum Gasteiger partial charge on any atom is -0.490 e. The van der Waals surface area contributed by atoms with Gasteiger partial charge in [0.2, 0.25) is 5.91 Å². The number of carbonyl (C=O) groups is 2. The van der Waals surface area contributed by atoms with E-state index in [1.165, 1.54) is 18.9 Å². The van der Waals surface area contributed by atoms with Gasteiger partial charge in [-0.2, -0.15) is 0 Å². The van der Waals surface area contributed by atoms with Crippen LogP contribution in [0, 0.1) is 0 Å². The summed E-state index contributed by atoms with van der Waals surface area (Å²) < 4.78 is 16.6. The number of hydrogen-bond donors (Lipinski definition) is 0. The van der Waals surface area contributed by atoms with E-state index < -0.39 is 12.0 Å². The van der Waals surface area contributed by atoms with Crippen LogP contribution in [0.5, 0.6) is 11.5 Å². The molecule has 2 aliphatic rings. The number of amidine groups is 1. The Kier molecular flexibility index (Phi) is 6.84. The lowest BCUT2D eigenvalue weighted by Crippen LogP contribution is -2.45. The van der Waals surface area contributed by atoms with Crippen LogP contribution in [0.15, 0.2) is 34.5 Å². The third kappa shape index (κ3) is 4.27. The van der Waals surface area contributed by atoms with Gasteiger partial charge in [0.15, 0.2) is 16.7 Å². The number of carbonyl (C=O) groups excluding carboxylic acids is 2. The number of benzene rings is 1. The highest BCUT2D eigenvalue weighted by atomic mass is 32.2. The molecule has 7 nitrogen and oxygen atoms in total. The molecule has 2 aliphatic heterocycles. The summed E-state index contributed by atoms with van der Waals surface area (Å²) in [4.78, 5) is 31.5. The number of hydrogen-bond acceptors (Lipinski definition) is 7. The van der Waals surface area contributed by atoms with Crippen molar-refractivity contribution in [3.05, 3.63) is 35.0 Å². The Balaban J connectivity index is 2.11. The Hall–Kier alpha value is -2.48. The Bertz CT molecular complexity index is 865. The quantitative estimate of drug-likeness (QED) is 0.629. The van der Waals surface area contributed by atoms with Gasteiger partial charge >= 0.3 is 5.97 Å². The minimum absolute atomic E-state index is 0.0642. The SMILES string of the molecule is CCCOc1ccc([C@H]2C(C(=O)OC)=C(C)N=C3SCCC(=O)N32)cc1OCC. The van der Waals surface area contributed by atoms with Gasteiger partial charge in [0.05, 0.1) is 37.6 Å². The number of fused-ring (bicyclic) bond motifs is 1. The van der Waals surface area contributed by atoms with Gasteiger partial charge < -0.3 is 14.2 Å². The van der Waals surface area contributed by atoms with Gasteiger partial charge in [-0.3, -0.25) is 9.69 Å². The molecule has 1 aromatic carbocycles. The van der Waals surface area contributed by atoms with E-state index in [0.29, 0.717) is 53.3 Å². The van der Waals surface area contributed by atoms with E-state index in [0.717, 1.165) is 12.0 Å². The summed E-state index contributed by atoms with van der Waals surface area (Å²) in [5.74, 6) is 1.34. The highest BCUT2D eigenvalue weighted by molar-refractivity contribution is 8.14. The van der Waals surface area contributed by atoms with E-state index in [4.69, 9.17) is 14.2 Å². The van der Waals surface area contributed by atoms with Gasteiger partial charge in [-0.25, -0.2) is 9.79 Å². The first-order valence-electron chi connectivity index (χ1n) is 9.73. The van der Waals surface area contributed by atoms with Crippen molar-refractivity contribution in [2.75, 3.05) is 26.1 Å². The summed E-state index contributed by atoms with van der Waals surface area (Å²) in [6.45, 7) is 6.75. The van der Waals surface area contributed by atoms with Gasteiger partial charge in [0, 0.05) is 12.2 Å². The first-order valence-corrected chi connectivity index (χ1v) is 10.7. The van der Waals surface area contributed by atoms with Crippen LogP contribution < -0.4 is 9.47 Å². The van der Waals surface area contributed by atoms with Crippen LogP contribution >= 0.6 is 11.8 Å². The summed E-state index contributed by atoms with van der Waals surface area (Å²) in [6, 6.07) is 4.91. The molecule has 156 valence electrons. The average molecular weight is 419 g/mol. The summed E-state index contributed by atoms with van der Waals surface area (Å²) >= 11 is 1.52. The molecule has 29 heavy (non-hydrogen) atoms. The third-order valence-corrected chi connectivity index (χ3v) is 5.61. The van der Waals surface area contributed by atoms with Crippen molar-refractivity contribution in [2.45, 2.75) is 39.7 Å². The second-order valence-electron chi connectivity index (χ2n) is 6.64. The summed E-state index contributed by atoms with van der Waals surface area (Å²) in [6.07, 6.45) is 1.27. The predicted molar refractivity (Wildman–Crippen MR) is 112 cm³/mol. The molecule has 1 aromatic rings. The van der Waals surface area contributed by atoms with Gasteiger partial charge in [0.25, 0.3) is 0 Å². The maximum atomic E-state index is 12.8. The zero-order chi connectivity index (χ0) is 21.0. The van der Waals surface area contributed by atoms with Crippen molar-refractivity contribution >= 4 is 28.8 Å². The first-order chi connectivity index (χ1) is 14.0. The average Bonchev–Trinajstić information content (AvgIpc) is 2.71. The molecular weight excluding hydrogens is 392 g/mol. The second kappa shape index (κ2) is 9.35. The highest BCUT2D eigenvalue weighted by Crippen LogP contribution is 2.42. The maximum Gasteiger partial charge on any atom is 0.338 e. The molecule has 0 aliphatic carbocycles. The van der Waals surface area contributed by atoms with Gasteiger partial charge in [-0.05, 0) is 38.0 Å². The molecule has 0 unspecified atom stereocenters. The number of ether oxygens (including phenoxy) is 3. The van der Waals surface area contributed by atoms with E-state index in [9.17, 15) is 9.59 Å². The maximum absolute atomic E-state index is 12.8. The molecule has 3 rings (SSSR count). The molecule has 0 radical (unpaired) electrons. The summed E-state index contributed by atoms with van der Waals surface area (Å²) in [7, 11) is 1.33. The van der Waals surface area contributed by atoms with Crippen molar-refractivity contribution in [3.8, 4) is 11.5 Å². The first kappa shape index (κ1) is 21.2. The number of esters is 1. The van der Waals surface area contributed by atoms with E-state index in [-0.39, 0.29) is 5.91 Å². The fraction of sp³-hybridized carbons (Fsp3) is 0.476. The monoisotopic (exact) mass is 418 g/mol. The zero-order valence-corrected chi connectivity index (χ0v) is 18.0. The number of rotatable bonds is 7. The smallest absolute Gasteiger partial charge is 0.338 e. The molecule has 0 aromatic heterocycles. The Morgan fingerprint density at radius 1 is 1.28 bits per heavy atom. The van der Waals surface area contributed by atoms with Crippen molar-refractivity contribution in [1.82, 2.24) is 4.90 Å².